The van der Waals surface area contributed by atoms with Gasteiger partial charge >= 0.3 is 0 Å². The quantitative estimate of drug-likeness (QED) is 0.919. The molecule has 2 rings (SSSR count). The van der Waals surface area contributed by atoms with E-state index in [1.165, 1.54) is 17.2 Å². The smallest absolute Gasteiger partial charge is 0.259 e. The molecule has 0 radical (unpaired) electrons. The fourth-order valence-corrected chi connectivity index (χ4v) is 1.83. The minimum absolute atomic E-state index is 0.178. The molecule has 0 fully saturated rings. The molecule has 0 atom stereocenters. The highest BCUT2D eigenvalue weighted by molar-refractivity contribution is 6.33. The molecule has 0 bridgehead atoms. The number of nitriles is 1. The van der Waals surface area contributed by atoms with Gasteiger partial charge in [-0.1, -0.05) is 17.7 Å². The molecule has 6 heteroatoms. The Morgan fingerprint density at radius 2 is 2.20 bits per heavy atom. The SMILES string of the molecule is CN(C(=O)c1cnc(N)c(Cl)c1)c1cccc(C#N)c1. The maximum Gasteiger partial charge on any atom is 0.259 e. The minimum Gasteiger partial charge on any atom is -0.382 e. The molecule has 1 heterocycles. The third-order valence-electron chi connectivity index (χ3n) is 2.78. The van der Waals surface area contributed by atoms with Crippen molar-refractivity contribution in [3.8, 4) is 6.07 Å². The highest BCUT2D eigenvalue weighted by Crippen LogP contribution is 2.20. The predicted molar refractivity (Wildman–Crippen MR) is 77.5 cm³/mol. The molecule has 2 aromatic rings. The van der Waals surface area contributed by atoms with Gasteiger partial charge in [-0.2, -0.15) is 5.26 Å². The summed E-state index contributed by atoms with van der Waals surface area (Å²) in [6, 6.07) is 10.3. The number of nitrogens with zero attached hydrogens (tertiary/aromatic N) is 3. The average Bonchev–Trinajstić information content (AvgIpc) is 2.48. The highest BCUT2D eigenvalue weighted by Gasteiger charge is 2.15. The summed E-state index contributed by atoms with van der Waals surface area (Å²) in [4.78, 5) is 17.6. The number of rotatable bonds is 2. The Kier molecular flexibility index (Phi) is 3.87. The number of halogens is 1. The lowest BCUT2D eigenvalue weighted by atomic mass is 10.2. The number of nitrogen functional groups attached to an aromatic ring is 1. The molecule has 0 unspecified atom stereocenters. The molecule has 1 aromatic heterocycles. The molecule has 100 valence electrons. The van der Waals surface area contributed by atoms with Crippen molar-refractivity contribution in [2.75, 3.05) is 17.7 Å². The summed E-state index contributed by atoms with van der Waals surface area (Å²) in [7, 11) is 1.61. The molecule has 0 aliphatic carbocycles. The summed E-state index contributed by atoms with van der Waals surface area (Å²) in [5.74, 6) is -0.105. The summed E-state index contributed by atoms with van der Waals surface area (Å²) in [6.45, 7) is 0. The Morgan fingerprint density at radius 3 is 2.85 bits per heavy atom. The lowest BCUT2D eigenvalue weighted by Gasteiger charge is -2.17. The highest BCUT2D eigenvalue weighted by atomic mass is 35.5. The normalized spacial score (nSPS) is 9.85. The van der Waals surface area contributed by atoms with E-state index in [1.54, 1.807) is 31.3 Å². The molecule has 20 heavy (non-hydrogen) atoms. The van der Waals surface area contributed by atoms with Crippen LogP contribution in [0.4, 0.5) is 11.5 Å². The Balaban J connectivity index is 2.32. The largest absolute Gasteiger partial charge is 0.382 e. The topological polar surface area (TPSA) is 83.0 Å². The molecule has 0 saturated carbocycles. The van der Waals surface area contributed by atoms with E-state index in [4.69, 9.17) is 22.6 Å². The minimum atomic E-state index is -0.283. The van der Waals surface area contributed by atoms with Gasteiger partial charge in [0, 0.05) is 18.9 Å². The molecule has 2 N–H and O–H groups in total. The molecule has 5 nitrogen and oxygen atoms in total. The number of carbonyl (C=O) groups is 1. The molecular weight excluding hydrogens is 276 g/mol. The van der Waals surface area contributed by atoms with Crippen LogP contribution in [0.25, 0.3) is 0 Å². The Hall–Kier alpha value is -2.58. The predicted octanol–water partition coefficient (Wildman–Crippen LogP) is 2.47. The van der Waals surface area contributed by atoms with E-state index < -0.39 is 0 Å². The average molecular weight is 287 g/mol. The van der Waals surface area contributed by atoms with Gasteiger partial charge in [-0.15, -0.1) is 0 Å². The van der Waals surface area contributed by atoms with Crippen molar-refractivity contribution in [2.24, 2.45) is 0 Å². The molecule has 0 aliphatic heterocycles. The van der Waals surface area contributed by atoms with Crippen molar-refractivity contribution in [3.63, 3.8) is 0 Å². The second kappa shape index (κ2) is 5.59. The van der Waals surface area contributed by atoms with Gasteiger partial charge in [-0.3, -0.25) is 4.79 Å². The fourth-order valence-electron chi connectivity index (χ4n) is 1.66. The van der Waals surface area contributed by atoms with Crippen LogP contribution in [0, 0.1) is 11.3 Å². The lowest BCUT2D eigenvalue weighted by molar-refractivity contribution is 0.0992. The molecule has 0 saturated heterocycles. The molecule has 1 aromatic carbocycles. The van der Waals surface area contributed by atoms with Crippen LogP contribution >= 0.6 is 11.6 Å². The van der Waals surface area contributed by atoms with Crippen molar-refractivity contribution in [1.82, 2.24) is 4.98 Å². The van der Waals surface area contributed by atoms with E-state index in [0.717, 1.165) is 0 Å². The van der Waals surface area contributed by atoms with Crippen LogP contribution in [0.15, 0.2) is 36.5 Å². The van der Waals surface area contributed by atoms with Crippen LogP contribution in [0.1, 0.15) is 15.9 Å². The lowest BCUT2D eigenvalue weighted by Crippen LogP contribution is -2.26. The first kappa shape index (κ1) is 13.8. The number of hydrogen-bond acceptors (Lipinski definition) is 4. The van der Waals surface area contributed by atoms with Crippen LogP contribution in [0.2, 0.25) is 5.02 Å². The number of aromatic nitrogens is 1. The first-order chi connectivity index (χ1) is 9.52. The zero-order valence-corrected chi connectivity index (χ0v) is 11.4. The zero-order chi connectivity index (χ0) is 14.7. The van der Waals surface area contributed by atoms with E-state index >= 15 is 0 Å². The van der Waals surface area contributed by atoms with E-state index in [9.17, 15) is 4.79 Å². The molecule has 0 spiro atoms. The number of amides is 1. The van der Waals surface area contributed by atoms with Crippen molar-refractivity contribution in [3.05, 3.63) is 52.7 Å². The number of anilines is 2. The molecular formula is C14H11ClN4O. The number of hydrogen-bond donors (Lipinski definition) is 1. The number of carbonyl (C=O) groups excluding carboxylic acids is 1. The monoisotopic (exact) mass is 286 g/mol. The Morgan fingerprint density at radius 1 is 1.45 bits per heavy atom. The van der Waals surface area contributed by atoms with Gasteiger partial charge in [0.25, 0.3) is 5.91 Å². The third kappa shape index (κ3) is 2.71. The van der Waals surface area contributed by atoms with Crippen molar-refractivity contribution in [2.45, 2.75) is 0 Å². The van der Waals surface area contributed by atoms with Gasteiger partial charge < -0.3 is 10.6 Å². The number of pyridine rings is 1. The zero-order valence-electron chi connectivity index (χ0n) is 10.7. The first-order valence-electron chi connectivity index (χ1n) is 5.72. The van der Waals surface area contributed by atoms with Crippen LogP contribution in [-0.2, 0) is 0 Å². The van der Waals surface area contributed by atoms with Crippen LogP contribution < -0.4 is 10.6 Å². The summed E-state index contributed by atoms with van der Waals surface area (Å²) in [5.41, 5.74) is 6.93. The second-order valence-electron chi connectivity index (χ2n) is 4.12. The van der Waals surface area contributed by atoms with Gasteiger partial charge in [-0.25, -0.2) is 4.98 Å². The summed E-state index contributed by atoms with van der Waals surface area (Å²) in [6.07, 6.45) is 1.37. The molecule has 1 amide bonds. The first-order valence-corrected chi connectivity index (χ1v) is 6.10. The summed E-state index contributed by atoms with van der Waals surface area (Å²) < 4.78 is 0. The molecule has 0 aliphatic rings. The maximum absolute atomic E-state index is 12.3. The number of benzene rings is 1. The van der Waals surface area contributed by atoms with E-state index in [0.29, 0.717) is 16.8 Å². The maximum atomic E-state index is 12.3. The van der Waals surface area contributed by atoms with Crippen molar-refractivity contribution >= 4 is 29.0 Å². The standard InChI is InChI=1S/C14H11ClN4O/c1-19(11-4-2-3-9(5-11)7-16)14(20)10-6-12(15)13(17)18-8-10/h2-6,8H,1H3,(H2,17,18). The summed E-state index contributed by atoms with van der Waals surface area (Å²) in [5, 5.41) is 9.10. The van der Waals surface area contributed by atoms with Gasteiger partial charge in [0.05, 0.1) is 22.2 Å². The summed E-state index contributed by atoms with van der Waals surface area (Å²) >= 11 is 5.85. The Labute approximate surface area is 121 Å². The van der Waals surface area contributed by atoms with Gasteiger partial charge in [0.15, 0.2) is 0 Å². The van der Waals surface area contributed by atoms with E-state index in [1.807, 2.05) is 6.07 Å². The van der Waals surface area contributed by atoms with E-state index in [2.05, 4.69) is 4.98 Å². The van der Waals surface area contributed by atoms with Crippen molar-refractivity contribution in [1.29, 1.82) is 5.26 Å². The number of nitrogens with two attached hydrogens (primary N) is 1. The fraction of sp³-hybridized carbons (Fsp3) is 0.0714. The van der Waals surface area contributed by atoms with Gasteiger partial charge in [0.1, 0.15) is 5.82 Å². The van der Waals surface area contributed by atoms with Crippen LogP contribution in [0.5, 0.6) is 0 Å². The van der Waals surface area contributed by atoms with E-state index in [-0.39, 0.29) is 16.7 Å². The van der Waals surface area contributed by atoms with Crippen LogP contribution in [-0.4, -0.2) is 17.9 Å². The second-order valence-corrected chi connectivity index (χ2v) is 4.52. The Bertz CT molecular complexity index is 709. The van der Waals surface area contributed by atoms with Gasteiger partial charge in [-0.05, 0) is 24.3 Å². The third-order valence-corrected chi connectivity index (χ3v) is 3.09. The van der Waals surface area contributed by atoms with Crippen molar-refractivity contribution < 1.29 is 4.79 Å². The van der Waals surface area contributed by atoms with Crippen LogP contribution in [0.3, 0.4) is 0 Å². The van der Waals surface area contributed by atoms with Gasteiger partial charge in [0.2, 0.25) is 0 Å².